The van der Waals surface area contributed by atoms with Gasteiger partial charge in [0.05, 0.1) is 18.3 Å². The van der Waals surface area contributed by atoms with Crippen LogP contribution in [0.5, 0.6) is 0 Å². The van der Waals surface area contributed by atoms with Gasteiger partial charge in [-0.25, -0.2) is 0 Å². The Labute approximate surface area is 117 Å². The van der Waals surface area contributed by atoms with Gasteiger partial charge in [0, 0.05) is 25.1 Å². The molecule has 1 aromatic rings. The summed E-state index contributed by atoms with van der Waals surface area (Å²) in [4.78, 5) is 14.2. The maximum atomic E-state index is 12.5. The first-order chi connectivity index (χ1) is 9.48. The Morgan fingerprint density at radius 3 is 2.95 bits per heavy atom. The second kappa shape index (κ2) is 4.86. The average molecular weight is 280 g/mol. The van der Waals surface area contributed by atoms with E-state index in [9.17, 15) is 9.90 Å². The van der Waals surface area contributed by atoms with Gasteiger partial charge in [0.15, 0.2) is 5.69 Å². The number of amides is 1. The zero-order valence-corrected chi connectivity index (χ0v) is 11.8. The number of nitrogens with zero attached hydrogens (tertiary/aromatic N) is 2. The van der Waals surface area contributed by atoms with Crippen LogP contribution in [0.15, 0.2) is 10.6 Å². The van der Waals surface area contributed by atoms with Crippen molar-refractivity contribution in [2.45, 2.75) is 44.3 Å². The van der Waals surface area contributed by atoms with E-state index in [4.69, 9.17) is 9.26 Å². The third-order valence-corrected chi connectivity index (χ3v) is 3.70. The number of hydrogen-bond acceptors (Lipinski definition) is 5. The van der Waals surface area contributed by atoms with E-state index < -0.39 is 5.60 Å². The largest absolute Gasteiger partial charge is 0.394 e. The van der Waals surface area contributed by atoms with E-state index in [0.29, 0.717) is 24.7 Å². The zero-order valence-electron chi connectivity index (χ0n) is 11.8. The first-order valence-corrected chi connectivity index (χ1v) is 7.03. The summed E-state index contributed by atoms with van der Waals surface area (Å²) in [5, 5.41) is 13.2. The normalized spacial score (nSPS) is 25.8. The van der Waals surface area contributed by atoms with Crippen LogP contribution in [-0.2, 0) is 4.74 Å². The molecule has 1 saturated carbocycles. The highest BCUT2D eigenvalue weighted by atomic mass is 16.5. The van der Waals surface area contributed by atoms with Crippen molar-refractivity contribution in [3.63, 3.8) is 0 Å². The van der Waals surface area contributed by atoms with Crippen molar-refractivity contribution in [1.29, 1.82) is 0 Å². The predicted octanol–water partition coefficient (Wildman–Crippen LogP) is 1.16. The fourth-order valence-electron chi connectivity index (χ4n) is 2.66. The van der Waals surface area contributed by atoms with Gasteiger partial charge in [-0.1, -0.05) is 5.16 Å². The van der Waals surface area contributed by atoms with E-state index in [1.807, 2.05) is 13.8 Å². The number of morpholine rings is 1. The second-order valence-corrected chi connectivity index (χ2v) is 6.26. The third-order valence-electron chi connectivity index (χ3n) is 3.70. The van der Waals surface area contributed by atoms with Crippen LogP contribution >= 0.6 is 0 Å². The van der Waals surface area contributed by atoms with Crippen LogP contribution in [0.1, 0.15) is 48.9 Å². The molecule has 1 unspecified atom stereocenters. The van der Waals surface area contributed by atoms with E-state index in [1.165, 1.54) is 0 Å². The molecule has 0 spiro atoms. The molecule has 110 valence electrons. The maximum Gasteiger partial charge on any atom is 0.276 e. The van der Waals surface area contributed by atoms with Gasteiger partial charge in [-0.3, -0.25) is 4.79 Å². The molecule has 20 heavy (non-hydrogen) atoms. The second-order valence-electron chi connectivity index (χ2n) is 6.26. The van der Waals surface area contributed by atoms with Gasteiger partial charge in [-0.2, -0.15) is 0 Å². The van der Waals surface area contributed by atoms with Crippen molar-refractivity contribution in [2.24, 2.45) is 0 Å². The molecule has 1 aliphatic carbocycles. The topological polar surface area (TPSA) is 75.8 Å². The molecule has 0 aromatic carbocycles. The van der Waals surface area contributed by atoms with Crippen LogP contribution in [0.25, 0.3) is 0 Å². The summed E-state index contributed by atoms with van der Waals surface area (Å²) in [6, 6.07) is 1.75. The van der Waals surface area contributed by atoms with Crippen LogP contribution in [0.3, 0.4) is 0 Å². The first kappa shape index (κ1) is 13.6. The first-order valence-electron chi connectivity index (χ1n) is 7.03. The molecule has 6 nitrogen and oxygen atoms in total. The molecular formula is C14H20N2O4. The number of ether oxygens (including phenoxy) is 1. The Kier molecular flexibility index (Phi) is 3.30. The lowest BCUT2D eigenvalue weighted by Gasteiger charge is -2.41. The molecule has 0 radical (unpaired) electrons. The minimum atomic E-state index is -0.468. The molecule has 6 heteroatoms. The van der Waals surface area contributed by atoms with E-state index in [0.717, 1.165) is 18.6 Å². The molecule has 1 atom stereocenters. The summed E-state index contributed by atoms with van der Waals surface area (Å²) in [6.07, 6.45) is 1.87. The van der Waals surface area contributed by atoms with Crippen molar-refractivity contribution in [2.75, 3.05) is 19.7 Å². The highest BCUT2D eigenvalue weighted by Crippen LogP contribution is 2.40. The standard InChI is InChI=1S/C14H20N2O4/c1-14(2)8-16(6-10(7-17)19-14)13(18)11-5-12(20-15-11)9-3-4-9/h5,9-10,17H,3-4,6-8H2,1-2H3. The Balaban J connectivity index is 1.74. The zero-order chi connectivity index (χ0) is 14.3. The van der Waals surface area contributed by atoms with Crippen molar-refractivity contribution in [3.05, 3.63) is 17.5 Å². The number of carbonyl (C=O) groups is 1. The number of hydrogen-bond donors (Lipinski definition) is 1. The summed E-state index contributed by atoms with van der Waals surface area (Å²) in [5.74, 6) is 1.09. The minimum absolute atomic E-state index is 0.0979. The van der Waals surface area contributed by atoms with E-state index in [2.05, 4.69) is 5.16 Å². The van der Waals surface area contributed by atoms with Crippen molar-refractivity contribution in [3.8, 4) is 0 Å². The third kappa shape index (κ3) is 2.71. The number of carbonyl (C=O) groups excluding carboxylic acids is 1. The molecule has 2 heterocycles. The number of aliphatic hydroxyl groups excluding tert-OH is 1. The molecule has 1 aliphatic heterocycles. The summed E-state index contributed by atoms with van der Waals surface area (Å²) in [6.45, 7) is 4.58. The van der Waals surface area contributed by atoms with Gasteiger partial charge in [0.1, 0.15) is 5.76 Å². The van der Waals surface area contributed by atoms with E-state index >= 15 is 0 Å². The van der Waals surface area contributed by atoms with Gasteiger partial charge in [-0.05, 0) is 26.7 Å². The van der Waals surface area contributed by atoms with E-state index in [1.54, 1.807) is 11.0 Å². The van der Waals surface area contributed by atoms with Gasteiger partial charge in [0.2, 0.25) is 0 Å². The predicted molar refractivity (Wildman–Crippen MR) is 70.4 cm³/mol. The monoisotopic (exact) mass is 280 g/mol. The van der Waals surface area contributed by atoms with Gasteiger partial charge >= 0.3 is 0 Å². The molecule has 1 aromatic heterocycles. The van der Waals surface area contributed by atoms with Crippen LogP contribution in [-0.4, -0.2) is 52.5 Å². The van der Waals surface area contributed by atoms with Crippen LogP contribution in [0, 0.1) is 0 Å². The lowest BCUT2D eigenvalue weighted by atomic mass is 10.0. The van der Waals surface area contributed by atoms with Crippen LogP contribution < -0.4 is 0 Å². The summed E-state index contributed by atoms with van der Waals surface area (Å²) >= 11 is 0. The molecule has 1 N–H and O–H groups in total. The Morgan fingerprint density at radius 1 is 1.55 bits per heavy atom. The molecule has 0 bridgehead atoms. The van der Waals surface area contributed by atoms with Crippen molar-refractivity contribution < 1.29 is 19.2 Å². The SMILES string of the molecule is CC1(C)CN(C(=O)c2cc(C3CC3)on2)CC(CO)O1. The van der Waals surface area contributed by atoms with E-state index in [-0.39, 0.29) is 18.6 Å². The van der Waals surface area contributed by atoms with Crippen molar-refractivity contribution in [1.82, 2.24) is 10.1 Å². The highest BCUT2D eigenvalue weighted by molar-refractivity contribution is 5.92. The quantitative estimate of drug-likeness (QED) is 0.899. The summed E-state index contributed by atoms with van der Waals surface area (Å²) < 4.78 is 10.9. The molecular weight excluding hydrogens is 260 g/mol. The van der Waals surface area contributed by atoms with Crippen LogP contribution in [0.4, 0.5) is 0 Å². The van der Waals surface area contributed by atoms with Gasteiger partial charge < -0.3 is 19.3 Å². The maximum absolute atomic E-state index is 12.5. The molecule has 2 aliphatic rings. The van der Waals surface area contributed by atoms with Crippen LogP contribution in [0.2, 0.25) is 0 Å². The lowest BCUT2D eigenvalue weighted by Crippen LogP contribution is -2.55. The summed E-state index contributed by atoms with van der Waals surface area (Å²) in [5.41, 5.74) is -0.119. The number of rotatable bonds is 3. The summed E-state index contributed by atoms with van der Waals surface area (Å²) in [7, 11) is 0. The number of aromatic nitrogens is 1. The smallest absolute Gasteiger partial charge is 0.276 e. The highest BCUT2D eigenvalue weighted by Gasteiger charge is 2.37. The Morgan fingerprint density at radius 2 is 2.30 bits per heavy atom. The van der Waals surface area contributed by atoms with Gasteiger partial charge in [0.25, 0.3) is 5.91 Å². The molecule has 2 fully saturated rings. The minimum Gasteiger partial charge on any atom is -0.394 e. The fraction of sp³-hybridized carbons (Fsp3) is 0.714. The number of aliphatic hydroxyl groups is 1. The molecule has 1 saturated heterocycles. The van der Waals surface area contributed by atoms with Crippen molar-refractivity contribution >= 4 is 5.91 Å². The Hall–Kier alpha value is -1.40. The van der Waals surface area contributed by atoms with Gasteiger partial charge in [-0.15, -0.1) is 0 Å². The molecule has 3 rings (SSSR count). The average Bonchev–Trinajstić information content (AvgIpc) is 3.14. The lowest BCUT2D eigenvalue weighted by molar-refractivity contribution is -0.139. The fourth-order valence-corrected chi connectivity index (χ4v) is 2.66. The molecule has 1 amide bonds. The Bertz CT molecular complexity index is 507.